The van der Waals surface area contributed by atoms with E-state index >= 15 is 0 Å². The second-order valence-electron chi connectivity index (χ2n) is 3.46. The Kier molecular flexibility index (Phi) is 2.75. The lowest BCUT2D eigenvalue weighted by Gasteiger charge is -2.24. The van der Waals surface area contributed by atoms with Crippen LogP contribution in [0, 0.1) is 5.92 Å². The molecule has 0 spiro atoms. The van der Waals surface area contributed by atoms with Gasteiger partial charge in [-0.05, 0) is 18.9 Å². The third-order valence-corrected chi connectivity index (χ3v) is 3.35. The van der Waals surface area contributed by atoms with Crippen LogP contribution in [0.25, 0.3) is 0 Å². The smallest absolute Gasteiger partial charge is 0.167 e. The van der Waals surface area contributed by atoms with E-state index in [1.165, 1.54) is 6.20 Å². The van der Waals surface area contributed by atoms with Gasteiger partial charge in [-0.3, -0.25) is 4.79 Å². The van der Waals surface area contributed by atoms with E-state index < -0.39 is 0 Å². The molecule has 1 saturated carbocycles. The van der Waals surface area contributed by atoms with Crippen LogP contribution in [0.15, 0.2) is 12.3 Å². The highest BCUT2D eigenvalue weighted by molar-refractivity contribution is 6.43. The SMILES string of the molecule is O=C(c1ccnc(Cl)c1Cl)C1CCC1. The van der Waals surface area contributed by atoms with Crippen molar-refractivity contribution in [2.24, 2.45) is 5.92 Å². The molecule has 0 aliphatic heterocycles. The Labute approximate surface area is 92.2 Å². The molecule has 0 bridgehead atoms. The minimum Gasteiger partial charge on any atom is -0.294 e. The highest BCUT2D eigenvalue weighted by atomic mass is 35.5. The van der Waals surface area contributed by atoms with Crippen LogP contribution in [0.3, 0.4) is 0 Å². The van der Waals surface area contributed by atoms with E-state index in [1.807, 2.05) is 0 Å². The number of carbonyl (C=O) groups is 1. The summed E-state index contributed by atoms with van der Waals surface area (Å²) in [5.74, 6) is 0.247. The quantitative estimate of drug-likeness (QED) is 0.575. The Hall–Kier alpha value is -0.600. The van der Waals surface area contributed by atoms with Crippen molar-refractivity contribution in [3.05, 3.63) is 28.0 Å². The van der Waals surface area contributed by atoms with E-state index in [0.717, 1.165) is 19.3 Å². The molecule has 0 N–H and O–H groups in total. The average Bonchev–Trinajstić information content (AvgIpc) is 2.06. The highest BCUT2D eigenvalue weighted by Crippen LogP contribution is 2.33. The molecule has 0 amide bonds. The van der Waals surface area contributed by atoms with E-state index in [2.05, 4.69) is 4.98 Å². The summed E-state index contributed by atoms with van der Waals surface area (Å²) in [6.45, 7) is 0. The van der Waals surface area contributed by atoms with Crippen LogP contribution in [-0.4, -0.2) is 10.8 Å². The first-order valence-electron chi connectivity index (χ1n) is 4.54. The van der Waals surface area contributed by atoms with Gasteiger partial charge in [0, 0.05) is 17.7 Å². The zero-order valence-corrected chi connectivity index (χ0v) is 8.98. The van der Waals surface area contributed by atoms with Gasteiger partial charge in [-0.2, -0.15) is 0 Å². The van der Waals surface area contributed by atoms with Crippen molar-refractivity contribution < 1.29 is 4.79 Å². The first kappa shape index (κ1) is 9.94. The fourth-order valence-corrected chi connectivity index (χ4v) is 1.86. The van der Waals surface area contributed by atoms with Gasteiger partial charge in [0.25, 0.3) is 0 Å². The first-order chi connectivity index (χ1) is 6.70. The van der Waals surface area contributed by atoms with Crippen LogP contribution >= 0.6 is 23.2 Å². The van der Waals surface area contributed by atoms with E-state index in [-0.39, 0.29) is 21.9 Å². The number of Topliss-reactive ketones (excluding diaryl/α,β-unsaturated/α-hetero) is 1. The minimum atomic E-state index is 0.102. The van der Waals surface area contributed by atoms with Gasteiger partial charge in [0.2, 0.25) is 0 Å². The predicted molar refractivity (Wildman–Crippen MR) is 55.9 cm³/mol. The molecule has 1 heterocycles. The molecule has 14 heavy (non-hydrogen) atoms. The highest BCUT2D eigenvalue weighted by Gasteiger charge is 2.28. The Balaban J connectivity index is 2.31. The van der Waals surface area contributed by atoms with Crippen molar-refractivity contribution in [3.63, 3.8) is 0 Å². The van der Waals surface area contributed by atoms with Crippen molar-refractivity contribution in [1.29, 1.82) is 0 Å². The van der Waals surface area contributed by atoms with Gasteiger partial charge in [-0.1, -0.05) is 29.6 Å². The van der Waals surface area contributed by atoms with E-state index in [4.69, 9.17) is 23.2 Å². The number of aromatic nitrogens is 1. The number of hydrogen-bond donors (Lipinski definition) is 0. The molecule has 1 aliphatic carbocycles. The average molecular weight is 230 g/mol. The summed E-state index contributed by atoms with van der Waals surface area (Å²) in [5, 5.41) is 0.489. The van der Waals surface area contributed by atoms with Crippen LogP contribution in [0.4, 0.5) is 0 Å². The summed E-state index contributed by atoms with van der Waals surface area (Å²) >= 11 is 11.6. The monoisotopic (exact) mass is 229 g/mol. The van der Waals surface area contributed by atoms with Crippen molar-refractivity contribution in [2.45, 2.75) is 19.3 Å². The molecule has 1 aliphatic rings. The van der Waals surface area contributed by atoms with Gasteiger partial charge in [-0.25, -0.2) is 4.98 Å². The lowest BCUT2D eigenvalue weighted by atomic mass is 9.80. The van der Waals surface area contributed by atoms with E-state index in [9.17, 15) is 4.79 Å². The summed E-state index contributed by atoms with van der Waals surface area (Å²) in [4.78, 5) is 15.6. The number of halogens is 2. The largest absolute Gasteiger partial charge is 0.294 e. The molecule has 0 aromatic carbocycles. The van der Waals surface area contributed by atoms with Crippen LogP contribution in [-0.2, 0) is 0 Å². The molecule has 0 saturated heterocycles. The number of pyridine rings is 1. The molecule has 0 radical (unpaired) electrons. The fourth-order valence-electron chi connectivity index (χ4n) is 1.50. The molecular formula is C10H9Cl2NO. The molecule has 74 valence electrons. The zero-order valence-electron chi connectivity index (χ0n) is 7.46. The number of hydrogen-bond acceptors (Lipinski definition) is 2. The normalized spacial score (nSPS) is 16.4. The maximum atomic E-state index is 11.8. The number of carbonyl (C=O) groups excluding carboxylic acids is 1. The molecule has 1 aromatic rings. The molecule has 0 atom stereocenters. The second-order valence-corrected chi connectivity index (χ2v) is 4.19. The lowest BCUT2D eigenvalue weighted by molar-refractivity contribution is 0.0855. The molecule has 2 rings (SSSR count). The predicted octanol–water partition coefficient (Wildman–Crippen LogP) is 3.37. The van der Waals surface area contributed by atoms with Gasteiger partial charge < -0.3 is 0 Å². The van der Waals surface area contributed by atoms with Crippen LogP contribution in [0.5, 0.6) is 0 Å². The molecule has 1 aromatic heterocycles. The third kappa shape index (κ3) is 1.64. The van der Waals surface area contributed by atoms with Crippen molar-refractivity contribution in [3.8, 4) is 0 Å². The molecule has 1 fully saturated rings. The summed E-state index contributed by atoms with van der Waals surface area (Å²) in [6, 6.07) is 1.63. The van der Waals surface area contributed by atoms with E-state index in [1.54, 1.807) is 6.07 Å². The number of rotatable bonds is 2. The van der Waals surface area contributed by atoms with Gasteiger partial charge in [-0.15, -0.1) is 0 Å². The van der Waals surface area contributed by atoms with Crippen LogP contribution in [0.1, 0.15) is 29.6 Å². The Morgan fingerprint density at radius 2 is 2.14 bits per heavy atom. The Morgan fingerprint density at radius 3 is 2.71 bits per heavy atom. The van der Waals surface area contributed by atoms with Crippen molar-refractivity contribution in [1.82, 2.24) is 4.98 Å². The molecular weight excluding hydrogens is 221 g/mol. The zero-order chi connectivity index (χ0) is 10.1. The number of ketones is 1. The van der Waals surface area contributed by atoms with Crippen LogP contribution < -0.4 is 0 Å². The maximum Gasteiger partial charge on any atom is 0.167 e. The summed E-state index contributed by atoms with van der Waals surface area (Å²) in [5.41, 5.74) is 0.511. The van der Waals surface area contributed by atoms with E-state index in [0.29, 0.717) is 5.56 Å². The van der Waals surface area contributed by atoms with Crippen LogP contribution in [0.2, 0.25) is 10.2 Å². The Bertz CT molecular complexity index is 374. The summed E-state index contributed by atoms with van der Waals surface area (Å²) in [6.07, 6.45) is 4.58. The summed E-state index contributed by atoms with van der Waals surface area (Å²) in [7, 11) is 0. The summed E-state index contributed by atoms with van der Waals surface area (Å²) < 4.78 is 0. The van der Waals surface area contributed by atoms with Crippen molar-refractivity contribution in [2.75, 3.05) is 0 Å². The van der Waals surface area contributed by atoms with Gasteiger partial charge >= 0.3 is 0 Å². The standard InChI is InChI=1S/C10H9Cl2NO/c11-8-7(4-5-13-10(8)12)9(14)6-2-1-3-6/h4-6H,1-3H2. The van der Waals surface area contributed by atoms with Gasteiger partial charge in [0.15, 0.2) is 5.78 Å². The molecule has 2 nitrogen and oxygen atoms in total. The van der Waals surface area contributed by atoms with Gasteiger partial charge in [0.05, 0.1) is 5.02 Å². The van der Waals surface area contributed by atoms with Crippen molar-refractivity contribution >= 4 is 29.0 Å². The van der Waals surface area contributed by atoms with Gasteiger partial charge in [0.1, 0.15) is 5.15 Å². The molecule has 4 heteroatoms. The maximum absolute atomic E-state index is 11.8. The molecule has 0 unspecified atom stereocenters. The Morgan fingerprint density at radius 1 is 1.43 bits per heavy atom. The topological polar surface area (TPSA) is 30.0 Å². The fraction of sp³-hybridized carbons (Fsp3) is 0.400. The third-order valence-electron chi connectivity index (χ3n) is 2.59. The first-order valence-corrected chi connectivity index (χ1v) is 5.30. The minimum absolute atomic E-state index is 0.102. The number of nitrogens with zero attached hydrogens (tertiary/aromatic N) is 1. The lowest BCUT2D eigenvalue weighted by Crippen LogP contribution is -2.22. The second kappa shape index (κ2) is 3.87.